The van der Waals surface area contributed by atoms with Crippen LogP contribution in [-0.2, 0) is 11.3 Å². The molecule has 0 unspecified atom stereocenters. The minimum absolute atomic E-state index is 0.174. The van der Waals surface area contributed by atoms with Crippen molar-refractivity contribution in [2.75, 3.05) is 12.4 Å². The largest absolute Gasteiger partial charge is 0.497 e. The number of nitrogens with zero attached hydrogens (tertiary/aromatic N) is 2. The molecule has 0 saturated heterocycles. The number of anilines is 1. The number of hydrogen-bond donors (Lipinski definition) is 3. The monoisotopic (exact) mass is 465 g/mol. The Hall–Kier alpha value is -2.88. The van der Waals surface area contributed by atoms with E-state index in [9.17, 15) is 9.59 Å². The second kappa shape index (κ2) is 9.29. The Morgan fingerprint density at radius 3 is 2.57 bits per heavy atom. The van der Waals surface area contributed by atoms with E-state index in [1.54, 1.807) is 38.3 Å². The first-order valence-corrected chi connectivity index (χ1v) is 9.81. The molecule has 0 aliphatic heterocycles. The molecule has 0 spiro atoms. The third-order valence-electron chi connectivity index (χ3n) is 4.13. The van der Waals surface area contributed by atoms with Gasteiger partial charge in [-0.15, -0.1) is 0 Å². The first kappa shape index (κ1) is 21.8. The number of aromatic nitrogens is 2. The second-order valence-electron chi connectivity index (χ2n) is 6.19. The van der Waals surface area contributed by atoms with Crippen molar-refractivity contribution >= 4 is 63.0 Å². The van der Waals surface area contributed by atoms with Crippen molar-refractivity contribution in [3.8, 4) is 5.75 Å². The number of thiocarbonyl (C=S) groups is 1. The molecule has 2 aromatic carbocycles. The lowest BCUT2D eigenvalue weighted by Crippen LogP contribution is -2.46. The molecule has 3 N–H and O–H groups in total. The lowest BCUT2D eigenvalue weighted by Gasteiger charge is -2.14. The third-order valence-corrected chi connectivity index (χ3v) is 4.84. The summed E-state index contributed by atoms with van der Waals surface area (Å²) in [5, 5.41) is 3.90. The van der Waals surface area contributed by atoms with Crippen molar-refractivity contribution in [1.29, 1.82) is 0 Å². The van der Waals surface area contributed by atoms with Gasteiger partial charge in [-0.25, -0.2) is 4.98 Å². The van der Waals surface area contributed by atoms with E-state index in [-0.39, 0.29) is 22.1 Å². The number of benzene rings is 2. The van der Waals surface area contributed by atoms with Crippen LogP contribution in [-0.4, -0.2) is 27.7 Å². The highest BCUT2D eigenvalue weighted by atomic mass is 35.5. The lowest BCUT2D eigenvalue weighted by atomic mass is 10.2. The van der Waals surface area contributed by atoms with Gasteiger partial charge in [0.2, 0.25) is 0 Å². The first-order valence-electron chi connectivity index (χ1n) is 8.64. The van der Waals surface area contributed by atoms with Crippen molar-refractivity contribution in [2.45, 2.75) is 13.5 Å². The van der Waals surface area contributed by atoms with Crippen LogP contribution in [0.3, 0.4) is 0 Å². The maximum absolute atomic E-state index is 12.8. The van der Waals surface area contributed by atoms with Gasteiger partial charge in [-0.3, -0.25) is 25.0 Å². The standard InChI is InChI=1S/C19H17Cl2N5O3S/c1-10-22-17-14(7-11(20)8-15(17)21)18(28)26(10)9-16(27)24-25-19(30)23-12-3-5-13(29-2)6-4-12/h3-8H,9H2,1-2H3,(H,24,27)(H2,23,25,30). The average Bonchev–Trinajstić information content (AvgIpc) is 2.71. The number of aryl methyl sites for hydroxylation is 1. The van der Waals surface area contributed by atoms with E-state index in [4.69, 9.17) is 40.2 Å². The SMILES string of the molecule is COc1ccc(NC(=S)NNC(=O)Cn2c(C)nc3c(Cl)cc(Cl)cc3c2=O)cc1. The van der Waals surface area contributed by atoms with E-state index in [0.717, 1.165) is 0 Å². The lowest BCUT2D eigenvalue weighted by molar-refractivity contribution is -0.122. The molecule has 0 bridgehead atoms. The van der Waals surface area contributed by atoms with E-state index in [0.29, 0.717) is 27.8 Å². The molecule has 0 fully saturated rings. The number of halogens is 2. The van der Waals surface area contributed by atoms with Crippen LogP contribution in [0, 0.1) is 6.92 Å². The summed E-state index contributed by atoms with van der Waals surface area (Å²) >= 11 is 17.2. The van der Waals surface area contributed by atoms with Crippen molar-refractivity contribution in [3.63, 3.8) is 0 Å². The number of nitrogens with one attached hydrogen (secondary N) is 3. The van der Waals surface area contributed by atoms with Gasteiger partial charge >= 0.3 is 0 Å². The van der Waals surface area contributed by atoms with Crippen LogP contribution in [0.1, 0.15) is 5.82 Å². The topological polar surface area (TPSA) is 97.3 Å². The molecule has 0 aliphatic rings. The number of methoxy groups -OCH3 is 1. The number of carbonyl (C=O) groups excluding carboxylic acids is 1. The number of hydrogen-bond acceptors (Lipinski definition) is 5. The zero-order valence-electron chi connectivity index (χ0n) is 16.0. The van der Waals surface area contributed by atoms with Gasteiger partial charge in [0.15, 0.2) is 5.11 Å². The van der Waals surface area contributed by atoms with Crippen LogP contribution in [0.5, 0.6) is 5.75 Å². The van der Waals surface area contributed by atoms with E-state index in [2.05, 4.69) is 21.2 Å². The van der Waals surface area contributed by atoms with E-state index in [1.807, 2.05) is 0 Å². The molecule has 0 saturated carbocycles. The fourth-order valence-corrected chi connectivity index (χ4v) is 3.39. The smallest absolute Gasteiger partial charge is 0.261 e. The number of carbonyl (C=O) groups is 1. The van der Waals surface area contributed by atoms with E-state index < -0.39 is 11.5 Å². The Labute approximate surface area is 187 Å². The molecular formula is C19H17Cl2N5O3S. The molecule has 0 radical (unpaired) electrons. The fraction of sp³-hybridized carbons (Fsp3) is 0.158. The molecule has 1 amide bonds. The summed E-state index contributed by atoms with van der Waals surface area (Å²) in [5.74, 6) is 0.555. The average molecular weight is 466 g/mol. The highest BCUT2D eigenvalue weighted by Gasteiger charge is 2.14. The Kier molecular flexibility index (Phi) is 6.76. The maximum Gasteiger partial charge on any atom is 0.261 e. The number of hydrazine groups is 1. The summed E-state index contributed by atoms with van der Waals surface area (Å²) in [4.78, 5) is 29.4. The fourth-order valence-electron chi connectivity index (χ4n) is 2.69. The number of ether oxygens (including phenoxy) is 1. The second-order valence-corrected chi connectivity index (χ2v) is 7.44. The summed E-state index contributed by atoms with van der Waals surface area (Å²) in [6.07, 6.45) is 0. The summed E-state index contributed by atoms with van der Waals surface area (Å²) in [5.41, 5.74) is 5.65. The highest BCUT2D eigenvalue weighted by Crippen LogP contribution is 2.24. The molecule has 0 aliphatic carbocycles. The van der Waals surface area contributed by atoms with Crippen molar-refractivity contribution < 1.29 is 9.53 Å². The van der Waals surface area contributed by atoms with Gasteiger partial charge < -0.3 is 10.1 Å². The predicted molar refractivity (Wildman–Crippen MR) is 121 cm³/mol. The van der Waals surface area contributed by atoms with Crippen LogP contribution in [0.15, 0.2) is 41.2 Å². The number of fused-ring (bicyclic) bond motifs is 1. The molecular weight excluding hydrogens is 449 g/mol. The van der Waals surface area contributed by atoms with Gasteiger partial charge in [0.1, 0.15) is 18.1 Å². The number of amides is 1. The Bertz CT molecular complexity index is 1180. The van der Waals surface area contributed by atoms with Gasteiger partial charge in [0.05, 0.1) is 23.0 Å². The van der Waals surface area contributed by atoms with Gasteiger partial charge in [-0.1, -0.05) is 23.2 Å². The molecule has 11 heteroatoms. The first-order chi connectivity index (χ1) is 14.3. The summed E-state index contributed by atoms with van der Waals surface area (Å²) < 4.78 is 6.32. The Morgan fingerprint density at radius 2 is 1.90 bits per heavy atom. The Morgan fingerprint density at radius 1 is 1.20 bits per heavy atom. The van der Waals surface area contributed by atoms with Gasteiger partial charge in [0.25, 0.3) is 11.5 Å². The minimum atomic E-state index is -0.492. The predicted octanol–water partition coefficient (Wildman–Crippen LogP) is 3.04. The highest BCUT2D eigenvalue weighted by molar-refractivity contribution is 7.80. The normalized spacial score (nSPS) is 10.5. The summed E-state index contributed by atoms with van der Waals surface area (Å²) in [6.45, 7) is 1.35. The van der Waals surface area contributed by atoms with Gasteiger partial charge in [-0.2, -0.15) is 0 Å². The van der Waals surface area contributed by atoms with Crippen molar-refractivity contribution in [3.05, 3.63) is 62.6 Å². The van der Waals surface area contributed by atoms with Crippen LogP contribution in [0.4, 0.5) is 5.69 Å². The van der Waals surface area contributed by atoms with Gasteiger partial charge in [-0.05, 0) is 55.5 Å². The number of rotatable bonds is 4. The van der Waals surface area contributed by atoms with Crippen molar-refractivity contribution in [1.82, 2.24) is 20.4 Å². The quantitative estimate of drug-likeness (QED) is 0.402. The zero-order chi connectivity index (χ0) is 21.8. The van der Waals surface area contributed by atoms with Crippen LogP contribution in [0.2, 0.25) is 10.0 Å². The molecule has 3 rings (SSSR count). The molecule has 1 aromatic heterocycles. The summed E-state index contributed by atoms with van der Waals surface area (Å²) in [6, 6.07) is 10.1. The zero-order valence-corrected chi connectivity index (χ0v) is 18.3. The van der Waals surface area contributed by atoms with Crippen LogP contribution < -0.4 is 26.5 Å². The third kappa shape index (κ3) is 4.99. The van der Waals surface area contributed by atoms with E-state index in [1.165, 1.54) is 16.7 Å². The maximum atomic E-state index is 12.8. The molecule has 3 aromatic rings. The minimum Gasteiger partial charge on any atom is -0.497 e. The molecule has 0 atom stereocenters. The van der Waals surface area contributed by atoms with Crippen molar-refractivity contribution in [2.24, 2.45) is 0 Å². The van der Waals surface area contributed by atoms with Crippen LogP contribution in [0.25, 0.3) is 10.9 Å². The molecule has 8 nitrogen and oxygen atoms in total. The van der Waals surface area contributed by atoms with Gasteiger partial charge in [0, 0.05) is 10.7 Å². The molecule has 1 heterocycles. The molecule has 156 valence electrons. The van der Waals surface area contributed by atoms with Crippen LogP contribution >= 0.6 is 35.4 Å². The Balaban J connectivity index is 1.66. The summed E-state index contributed by atoms with van der Waals surface area (Å²) in [7, 11) is 1.57. The van der Waals surface area contributed by atoms with E-state index >= 15 is 0 Å². The molecule has 30 heavy (non-hydrogen) atoms.